The standard InChI is InChI=1S/C14H14FNO5/c1-7(8(2)13(18)19)12(17)16-11-5-4-9(15)6-10(11)14(20)21-3/h4-6H,1-3H3,(H,16,17)(H,18,19). The highest BCUT2D eigenvalue weighted by Crippen LogP contribution is 2.19. The fourth-order valence-electron chi connectivity index (χ4n) is 1.45. The van der Waals surface area contributed by atoms with E-state index in [9.17, 15) is 18.8 Å². The Morgan fingerprint density at radius 3 is 2.33 bits per heavy atom. The van der Waals surface area contributed by atoms with Gasteiger partial charge in [0.2, 0.25) is 0 Å². The second kappa shape index (κ2) is 6.65. The number of halogens is 1. The second-order valence-corrected chi connectivity index (χ2v) is 4.19. The summed E-state index contributed by atoms with van der Waals surface area (Å²) in [5.41, 5.74) is -0.283. The predicted molar refractivity (Wildman–Crippen MR) is 72.4 cm³/mol. The molecule has 0 fully saturated rings. The first-order valence-corrected chi connectivity index (χ1v) is 5.88. The maximum absolute atomic E-state index is 13.2. The lowest BCUT2D eigenvalue weighted by Gasteiger charge is -2.11. The minimum Gasteiger partial charge on any atom is -0.478 e. The number of hydrogen-bond acceptors (Lipinski definition) is 4. The fraction of sp³-hybridized carbons (Fsp3) is 0.214. The highest BCUT2D eigenvalue weighted by molar-refractivity contribution is 6.10. The summed E-state index contributed by atoms with van der Waals surface area (Å²) in [6, 6.07) is 3.18. The smallest absolute Gasteiger partial charge is 0.340 e. The molecule has 6 nitrogen and oxygen atoms in total. The number of benzene rings is 1. The summed E-state index contributed by atoms with van der Waals surface area (Å²) in [4.78, 5) is 34.3. The Kier molecular flexibility index (Phi) is 5.18. The molecule has 1 amide bonds. The van der Waals surface area contributed by atoms with Crippen LogP contribution in [-0.2, 0) is 14.3 Å². The average Bonchev–Trinajstić information content (AvgIpc) is 2.46. The van der Waals surface area contributed by atoms with Gasteiger partial charge in [-0.15, -0.1) is 0 Å². The van der Waals surface area contributed by atoms with Gasteiger partial charge in [-0.05, 0) is 32.0 Å². The van der Waals surface area contributed by atoms with Crippen LogP contribution < -0.4 is 5.32 Å². The van der Waals surface area contributed by atoms with Gasteiger partial charge in [0.25, 0.3) is 5.91 Å². The van der Waals surface area contributed by atoms with E-state index in [1.54, 1.807) is 0 Å². The van der Waals surface area contributed by atoms with Crippen molar-refractivity contribution < 1.29 is 28.6 Å². The quantitative estimate of drug-likeness (QED) is 0.654. The van der Waals surface area contributed by atoms with E-state index in [-0.39, 0.29) is 22.4 Å². The molecule has 0 aliphatic rings. The van der Waals surface area contributed by atoms with Crippen LogP contribution in [0.15, 0.2) is 29.3 Å². The molecule has 0 atom stereocenters. The number of hydrogen-bond donors (Lipinski definition) is 2. The van der Waals surface area contributed by atoms with Crippen molar-refractivity contribution in [2.75, 3.05) is 12.4 Å². The molecule has 0 saturated carbocycles. The molecular weight excluding hydrogens is 281 g/mol. The molecule has 0 unspecified atom stereocenters. The molecule has 0 saturated heterocycles. The first-order chi connectivity index (χ1) is 9.77. The van der Waals surface area contributed by atoms with Crippen molar-refractivity contribution in [2.45, 2.75) is 13.8 Å². The van der Waals surface area contributed by atoms with Crippen molar-refractivity contribution >= 4 is 23.5 Å². The lowest BCUT2D eigenvalue weighted by Crippen LogP contribution is -2.18. The van der Waals surface area contributed by atoms with Crippen LogP contribution in [0.3, 0.4) is 0 Å². The van der Waals surface area contributed by atoms with E-state index < -0.39 is 23.7 Å². The van der Waals surface area contributed by atoms with Gasteiger partial charge in [-0.2, -0.15) is 0 Å². The second-order valence-electron chi connectivity index (χ2n) is 4.19. The molecule has 0 bridgehead atoms. The van der Waals surface area contributed by atoms with E-state index >= 15 is 0 Å². The number of methoxy groups -OCH3 is 1. The third-order valence-electron chi connectivity index (χ3n) is 2.86. The third kappa shape index (κ3) is 3.88. The molecule has 1 aromatic carbocycles. The number of carbonyl (C=O) groups excluding carboxylic acids is 2. The molecule has 0 aromatic heterocycles. The zero-order valence-electron chi connectivity index (χ0n) is 11.7. The Balaban J connectivity index is 3.14. The molecule has 112 valence electrons. The van der Waals surface area contributed by atoms with E-state index in [0.29, 0.717) is 0 Å². The summed E-state index contributed by atoms with van der Waals surface area (Å²) in [5, 5.41) is 11.2. The van der Waals surface area contributed by atoms with Crippen molar-refractivity contribution in [3.63, 3.8) is 0 Å². The topological polar surface area (TPSA) is 92.7 Å². The lowest BCUT2D eigenvalue weighted by molar-refractivity contribution is -0.133. The third-order valence-corrected chi connectivity index (χ3v) is 2.86. The summed E-state index contributed by atoms with van der Waals surface area (Å²) < 4.78 is 17.7. The maximum atomic E-state index is 13.2. The zero-order chi connectivity index (χ0) is 16.2. The number of rotatable bonds is 4. The largest absolute Gasteiger partial charge is 0.478 e. The Hall–Kier alpha value is -2.70. The van der Waals surface area contributed by atoms with Crippen LogP contribution >= 0.6 is 0 Å². The van der Waals surface area contributed by atoms with Crippen molar-refractivity contribution in [3.05, 3.63) is 40.7 Å². The first-order valence-electron chi connectivity index (χ1n) is 5.88. The molecule has 0 spiro atoms. The Bertz CT molecular complexity index is 636. The van der Waals surface area contributed by atoms with Gasteiger partial charge in [-0.1, -0.05) is 0 Å². The van der Waals surface area contributed by atoms with E-state index in [1.807, 2.05) is 0 Å². The summed E-state index contributed by atoms with van der Waals surface area (Å²) in [5.74, 6) is -3.41. The van der Waals surface area contributed by atoms with Crippen LogP contribution in [0, 0.1) is 5.82 Å². The van der Waals surface area contributed by atoms with Gasteiger partial charge in [-0.25, -0.2) is 14.0 Å². The predicted octanol–water partition coefficient (Wildman–Crippen LogP) is 1.97. The molecular formula is C14H14FNO5. The van der Waals surface area contributed by atoms with Gasteiger partial charge in [0.15, 0.2) is 0 Å². The molecule has 0 heterocycles. The number of esters is 1. The van der Waals surface area contributed by atoms with Gasteiger partial charge in [-0.3, -0.25) is 4.79 Å². The van der Waals surface area contributed by atoms with E-state index in [2.05, 4.69) is 10.1 Å². The van der Waals surface area contributed by atoms with Crippen LogP contribution in [-0.4, -0.2) is 30.1 Å². The van der Waals surface area contributed by atoms with Crippen molar-refractivity contribution in [1.82, 2.24) is 0 Å². The summed E-state index contributed by atoms with van der Waals surface area (Å²) in [7, 11) is 1.12. The summed E-state index contributed by atoms with van der Waals surface area (Å²) in [6.07, 6.45) is 0. The molecule has 0 radical (unpaired) electrons. The number of ether oxygens (including phenoxy) is 1. The van der Waals surface area contributed by atoms with Crippen molar-refractivity contribution in [2.24, 2.45) is 0 Å². The van der Waals surface area contributed by atoms with Crippen molar-refractivity contribution in [3.8, 4) is 0 Å². The fourth-order valence-corrected chi connectivity index (χ4v) is 1.45. The number of nitrogens with one attached hydrogen (secondary N) is 1. The van der Waals surface area contributed by atoms with Crippen LogP contribution in [0.4, 0.5) is 10.1 Å². The molecule has 1 aromatic rings. The van der Waals surface area contributed by atoms with Crippen molar-refractivity contribution in [1.29, 1.82) is 0 Å². The number of carbonyl (C=O) groups is 3. The van der Waals surface area contributed by atoms with Crippen LogP contribution in [0.1, 0.15) is 24.2 Å². The Morgan fingerprint density at radius 2 is 1.81 bits per heavy atom. The number of carboxylic acid groups (broad SMARTS) is 1. The summed E-state index contributed by atoms with van der Waals surface area (Å²) >= 11 is 0. The number of anilines is 1. The number of amides is 1. The summed E-state index contributed by atoms with van der Waals surface area (Å²) in [6.45, 7) is 2.61. The lowest BCUT2D eigenvalue weighted by atomic mass is 10.1. The van der Waals surface area contributed by atoms with E-state index in [4.69, 9.17) is 5.11 Å². The SMILES string of the molecule is COC(=O)c1cc(F)ccc1NC(=O)C(C)=C(C)C(=O)O. The van der Waals surface area contributed by atoms with Crippen LogP contribution in [0.2, 0.25) is 0 Å². The van der Waals surface area contributed by atoms with Crippen LogP contribution in [0.25, 0.3) is 0 Å². The zero-order valence-corrected chi connectivity index (χ0v) is 11.7. The van der Waals surface area contributed by atoms with Gasteiger partial charge >= 0.3 is 11.9 Å². The first kappa shape index (κ1) is 16.4. The molecule has 0 aliphatic heterocycles. The monoisotopic (exact) mass is 295 g/mol. The molecule has 21 heavy (non-hydrogen) atoms. The van der Waals surface area contributed by atoms with E-state index in [0.717, 1.165) is 19.2 Å². The van der Waals surface area contributed by atoms with Gasteiger partial charge < -0.3 is 15.2 Å². The maximum Gasteiger partial charge on any atom is 0.340 e. The van der Waals surface area contributed by atoms with Gasteiger partial charge in [0.05, 0.1) is 18.4 Å². The van der Waals surface area contributed by atoms with Gasteiger partial charge in [0.1, 0.15) is 5.82 Å². The highest BCUT2D eigenvalue weighted by atomic mass is 19.1. The van der Waals surface area contributed by atoms with E-state index in [1.165, 1.54) is 19.9 Å². The highest BCUT2D eigenvalue weighted by Gasteiger charge is 2.18. The average molecular weight is 295 g/mol. The molecule has 2 N–H and O–H groups in total. The minimum atomic E-state index is -1.23. The number of aliphatic carboxylic acids is 1. The Morgan fingerprint density at radius 1 is 1.19 bits per heavy atom. The number of carboxylic acids is 1. The normalized spacial score (nSPS) is 11.4. The van der Waals surface area contributed by atoms with Crippen LogP contribution in [0.5, 0.6) is 0 Å². The van der Waals surface area contributed by atoms with Gasteiger partial charge in [0, 0.05) is 11.1 Å². The molecule has 7 heteroatoms. The molecule has 0 aliphatic carbocycles. The molecule has 1 rings (SSSR count). The Labute approximate surface area is 120 Å². The minimum absolute atomic E-state index is 0.0253.